The highest BCUT2D eigenvalue weighted by Gasteiger charge is 2.40. The molecule has 2 aliphatic rings. The number of nitrogens with zero attached hydrogens (tertiary/aromatic N) is 5. The Labute approximate surface area is 218 Å². The van der Waals surface area contributed by atoms with Crippen LogP contribution in [0.15, 0.2) is 42.7 Å². The van der Waals surface area contributed by atoms with Gasteiger partial charge in [0.25, 0.3) is 0 Å². The fraction of sp³-hybridized carbons (Fsp3) is 0.483. The average molecular weight is 505 g/mol. The van der Waals surface area contributed by atoms with Gasteiger partial charge in [-0.05, 0) is 62.1 Å². The summed E-state index contributed by atoms with van der Waals surface area (Å²) < 4.78 is 15.4. The van der Waals surface area contributed by atoms with Gasteiger partial charge in [0.2, 0.25) is 5.91 Å². The number of halogens is 1. The Hall–Kier alpha value is -3.10. The Morgan fingerprint density at radius 2 is 1.92 bits per heavy atom. The number of rotatable bonds is 6. The molecule has 0 aliphatic carbocycles. The smallest absolute Gasteiger partial charge is 0.241 e. The second-order valence-electron chi connectivity index (χ2n) is 11.4. The normalized spacial score (nSPS) is 21.3. The maximum absolute atomic E-state index is 13.8. The van der Waals surface area contributed by atoms with Crippen LogP contribution in [0.25, 0.3) is 0 Å². The number of hydrogen-bond acceptors (Lipinski definition) is 5. The minimum absolute atomic E-state index is 0.0972. The Morgan fingerprint density at radius 3 is 2.62 bits per heavy atom. The summed E-state index contributed by atoms with van der Waals surface area (Å²) in [6, 6.07) is 9.13. The number of amides is 1. The van der Waals surface area contributed by atoms with Crippen LogP contribution >= 0.6 is 0 Å². The topological polar surface area (TPSA) is 66.3 Å². The van der Waals surface area contributed by atoms with Crippen LogP contribution in [0.5, 0.6) is 0 Å². The molecule has 2 aliphatic heterocycles. The lowest BCUT2D eigenvalue weighted by Crippen LogP contribution is -2.59. The first-order valence-corrected chi connectivity index (χ1v) is 13.1. The van der Waals surface area contributed by atoms with Crippen LogP contribution in [-0.2, 0) is 23.2 Å². The lowest BCUT2D eigenvalue weighted by molar-refractivity contribution is -0.120. The zero-order chi connectivity index (χ0) is 26.3. The van der Waals surface area contributed by atoms with E-state index in [-0.39, 0.29) is 23.2 Å². The van der Waals surface area contributed by atoms with E-state index >= 15 is 0 Å². The third kappa shape index (κ3) is 5.31. The molecule has 37 heavy (non-hydrogen) atoms. The van der Waals surface area contributed by atoms with Crippen molar-refractivity contribution < 1.29 is 9.18 Å². The molecule has 7 nitrogen and oxygen atoms in total. The average Bonchev–Trinajstić information content (AvgIpc) is 3.32. The lowest BCUT2D eigenvalue weighted by atomic mass is 9.91. The number of carbonyl (C=O) groups is 1. The molecule has 0 saturated carbocycles. The van der Waals surface area contributed by atoms with Gasteiger partial charge >= 0.3 is 0 Å². The highest BCUT2D eigenvalue weighted by molar-refractivity contribution is 5.97. The van der Waals surface area contributed by atoms with Gasteiger partial charge in [0, 0.05) is 49.0 Å². The predicted molar refractivity (Wildman–Crippen MR) is 143 cm³/mol. The third-order valence-electron chi connectivity index (χ3n) is 7.83. The van der Waals surface area contributed by atoms with Crippen molar-refractivity contribution in [2.75, 3.05) is 31.1 Å². The summed E-state index contributed by atoms with van der Waals surface area (Å²) in [6.45, 7) is 14.0. The van der Waals surface area contributed by atoms with Gasteiger partial charge in [0.1, 0.15) is 5.82 Å². The lowest BCUT2D eigenvalue weighted by Gasteiger charge is -2.39. The Morgan fingerprint density at radius 1 is 1.16 bits per heavy atom. The van der Waals surface area contributed by atoms with E-state index in [9.17, 15) is 9.18 Å². The van der Waals surface area contributed by atoms with Gasteiger partial charge in [0.15, 0.2) is 0 Å². The molecule has 1 fully saturated rings. The molecule has 0 unspecified atom stereocenters. The summed E-state index contributed by atoms with van der Waals surface area (Å²) in [7, 11) is 0. The number of aromatic nitrogens is 3. The van der Waals surface area contributed by atoms with E-state index in [0.717, 1.165) is 42.1 Å². The number of hydrogen-bond donors (Lipinski definition) is 1. The third-order valence-corrected chi connectivity index (χ3v) is 7.83. The minimum Gasteiger partial charge on any atom is -0.311 e. The molecule has 1 N–H and O–H groups in total. The molecule has 8 heteroatoms. The fourth-order valence-corrected chi connectivity index (χ4v) is 5.52. The van der Waals surface area contributed by atoms with Gasteiger partial charge in [-0.3, -0.25) is 19.4 Å². The van der Waals surface area contributed by atoms with Crippen molar-refractivity contribution in [2.24, 2.45) is 0 Å². The van der Waals surface area contributed by atoms with Crippen LogP contribution in [0.3, 0.4) is 0 Å². The molecule has 4 heterocycles. The minimum atomic E-state index is -0.243. The summed E-state index contributed by atoms with van der Waals surface area (Å²) in [5.74, 6) is -0.146. The number of carbonyl (C=O) groups excluding carboxylic acids is 1. The number of anilines is 1. The molecule has 2 atom stereocenters. The molecule has 1 saturated heterocycles. The SMILES string of the molecule is Cc1cnn(C[C@H]2CN[C@H](C)CN2CC(=O)N2CC(C)(C)c3ncc(Cc4ccc(F)cc4)cc32)c1C. The molecule has 0 radical (unpaired) electrons. The van der Waals surface area contributed by atoms with Gasteiger partial charge in [-0.25, -0.2) is 4.39 Å². The predicted octanol–water partition coefficient (Wildman–Crippen LogP) is 3.61. The highest BCUT2D eigenvalue weighted by atomic mass is 19.1. The molecule has 5 rings (SSSR count). The fourth-order valence-electron chi connectivity index (χ4n) is 5.52. The van der Waals surface area contributed by atoms with Gasteiger partial charge in [-0.2, -0.15) is 5.10 Å². The quantitative estimate of drug-likeness (QED) is 0.556. The summed E-state index contributed by atoms with van der Waals surface area (Å²) in [5.41, 5.74) is 6.00. The van der Waals surface area contributed by atoms with E-state index in [1.54, 1.807) is 12.1 Å². The molecule has 0 spiro atoms. The van der Waals surface area contributed by atoms with Crippen molar-refractivity contribution in [3.05, 3.63) is 76.6 Å². The van der Waals surface area contributed by atoms with Crippen LogP contribution in [0, 0.1) is 19.7 Å². The molecule has 2 aromatic heterocycles. The Kier molecular flexibility index (Phi) is 6.89. The second-order valence-corrected chi connectivity index (χ2v) is 11.4. The van der Waals surface area contributed by atoms with Crippen molar-refractivity contribution in [3.8, 4) is 0 Å². The first-order valence-electron chi connectivity index (χ1n) is 13.1. The Balaban J connectivity index is 1.36. The van der Waals surface area contributed by atoms with Gasteiger partial charge in [0.05, 0.1) is 30.7 Å². The van der Waals surface area contributed by atoms with Crippen molar-refractivity contribution in [1.29, 1.82) is 0 Å². The van der Waals surface area contributed by atoms with Crippen LogP contribution in [0.1, 0.15) is 48.8 Å². The van der Waals surface area contributed by atoms with E-state index < -0.39 is 0 Å². The number of aryl methyl sites for hydroxylation is 1. The summed E-state index contributed by atoms with van der Waals surface area (Å²) >= 11 is 0. The number of piperazine rings is 1. The molecule has 196 valence electrons. The van der Waals surface area contributed by atoms with Gasteiger partial charge < -0.3 is 10.2 Å². The summed E-state index contributed by atoms with van der Waals surface area (Å²) in [4.78, 5) is 22.8. The molecule has 0 bridgehead atoms. The van der Waals surface area contributed by atoms with Crippen molar-refractivity contribution >= 4 is 11.6 Å². The summed E-state index contributed by atoms with van der Waals surface area (Å²) in [6.07, 6.45) is 4.44. The van der Waals surface area contributed by atoms with E-state index in [1.165, 1.54) is 23.4 Å². The van der Waals surface area contributed by atoms with Crippen molar-refractivity contribution in [1.82, 2.24) is 25.0 Å². The van der Waals surface area contributed by atoms with Crippen LogP contribution in [0.2, 0.25) is 0 Å². The number of benzene rings is 1. The largest absolute Gasteiger partial charge is 0.311 e. The molecule has 1 aromatic carbocycles. The zero-order valence-corrected chi connectivity index (χ0v) is 22.5. The van der Waals surface area contributed by atoms with E-state index in [0.29, 0.717) is 25.6 Å². The first kappa shape index (κ1) is 25.5. The van der Waals surface area contributed by atoms with E-state index in [2.05, 4.69) is 60.7 Å². The highest BCUT2D eigenvalue weighted by Crippen LogP contribution is 2.39. The van der Waals surface area contributed by atoms with Crippen LogP contribution in [-0.4, -0.2) is 63.8 Å². The maximum atomic E-state index is 13.8. The van der Waals surface area contributed by atoms with Crippen molar-refractivity contribution in [2.45, 2.75) is 65.1 Å². The zero-order valence-electron chi connectivity index (χ0n) is 22.5. The van der Waals surface area contributed by atoms with Crippen molar-refractivity contribution in [3.63, 3.8) is 0 Å². The number of fused-ring (bicyclic) bond motifs is 1. The van der Waals surface area contributed by atoms with Crippen LogP contribution in [0.4, 0.5) is 10.1 Å². The maximum Gasteiger partial charge on any atom is 0.241 e. The van der Waals surface area contributed by atoms with E-state index in [1.807, 2.05) is 17.3 Å². The second kappa shape index (κ2) is 9.99. The monoisotopic (exact) mass is 504 g/mol. The first-order chi connectivity index (χ1) is 17.6. The number of pyridine rings is 1. The Bertz CT molecular complexity index is 1280. The molecule has 1 amide bonds. The molecular weight excluding hydrogens is 467 g/mol. The number of nitrogens with one attached hydrogen (secondary N) is 1. The molecule has 3 aromatic rings. The van der Waals surface area contributed by atoms with Crippen LogP contribution < -0.4 is 10.2 Å². The summed E-state index contributed by atoms with van der Waals surface area (Å²) in [5, 5.41) is 8.13. The molecular formula is C29H37FN6O. The van der Waals surface area contributed by atoms with Gasteiger partial charge in [-0.15, -0.1) is 0 Å². The van der Waals surface area contributed by atoms with E-state index in [4.69, 9.17) is 4.98 Å². The standard InChI is InChI=1S/C29H37FN6O/c1-19-12-33-36(21(19)3)16-25-14-31-20(2)15-34(25)17-27(37)35-18-29(4,5)28-26(35)11-23(13-32-28)10-22-6-8-24(30)9-7-22/h6-9,11-13,20,25,31H,10,14-18H2,1-5H3/t20-,25-/m1/s1. The van der Waals surface area contributed by atoms with Gasteiger partial charge in [-0.1, -0.05) is 26.0 Å².